The Morgan fingerprint density at radius 1 is 1.45 bits per heavy atom. The fourth-order valence-corrected chi connectivity index (χ4v) is 0.975. The van der Waals surface area contributed by atoms with Gasteiger partial charge in [0.05, 0.1) is 0 Å². The van der Waals surface area contributed by atoms with Crippen molar-refractivity contribution in [3.8, 4) is 0 Å². The van der Waals surface area contributed by atoms with Crippen molar-refractivity contribution < 1.29 is 9.63 Å². The monoisotopic (exact) mass is 155 g/mol. The second-order valence-electron chi connectivity index (χ2n) is 2.80. The van der Waals surface area contributed by atoms with Crippen LogP contribution in [0, 0.1) is 0 Å². The third-order valence-corrected chi connectivity index (χ3v) is 1.63. The maximum atomic E-state index is 10.9. The van der Waals surface area contributed by atoms with E-state index in [9.17, 15) is 4.79 Å². The van der Waals surface area contributed by atoms with Crippen molar-refractivity contribution in [1.29, 1.82) is 0 Å². The number of hydroxylamine groups is 2. The van der Waals surface area contributed by atoms with Crippen LogP contribution in [0.1, 0.15) is 19.8 Å². The van der Waals surface area contributed by atoms with E-state index in [0.29, 0.717) is 5.57 Å². The first-order valence-electron chi connectivity index (χ1n) is 3.83. The SMILES string of the molecule is C=C(C)C(=O)ON1CCCC1. The summed E-state index contributed by atoms with van der Waals surface area (Å²) in [6.45, 7) is 6.87. The van der Waals surface area contributed by atoms with E-state index in [0.717, 1.165) is 25.9 Å². The molecule has 0 aliphatic carbocycles. The molecule has 0 amide bonds. The molecule has 0 unspecified atom stereocenters. The molecule has 0 radical (unpaired) electrons. The first-order valence-corrected chi connectivity index (χ1v) is 3.83. The fourth-order valence-electron chi connectivity index (χ4n) is 0.975. The number of rotatable bonds is 2. The molecule has 11 heavy (non-hydrogen) atoms. The van der Waals surface area contributed by atoms with E-state index in [-0.39, 0.29) is 5.97 Å². The van der Waals surface area contributed by atoms with E-state index in [4.69, 9.17) is 4.84 Å². The summed E-state index contributed by atoms with van der Waals surface area (Å²) >= 11 is 0. The minimum Gasteiger partial charge on any atom is -0.364 e. The van der Waals surface area contributed by atoms with Gasteiger partial charge in [-0.2, -0.15) is 0 Å². The van der Waals surface area contributed by atoms with Crippen molar-refractivity contribution in [3.63, 3.8) is 0 Å². The standard InChI is InChI=1S/C8H13NO2/c1-7(2)8(10)11-9-5-3-4-6-9/h1,3-6H2,2H3. The van der Waals surface area contributed by atoms with Gasteiger partial charge in [-0.15, -0.1) is 5.06 Å². The Morgan fingerprint density at radius 3 is 2.45 bits per heavy atom. The maximum absolute atomic E-state index is 10.9. The molecule has 1 heterocycles. The van der Waals surface area contributed by atoms with Gasteiger partial charge in [-0.1, -0.05) is 6.58 Å². The minimum absolute atomic E-state index is 0.313. The van der Waals surface area contributed by atoms with Crippen LogP contribution in [0.5, 0.6) is 0 Å². The summed E-state index contributed by atoms with van der Waals surface area (Å²) in [6, 6.07) is 0. The van der Waals surface area contributed by atoms with Crippen molar-refractivity contribution in [1.82, 2.24) is 5.06 Å². The molecule has 0 aromatic rings. The number of carbonyl (C=O) groups excluding carboxylic acids is 1. The molecule has 0 N–H and O–H groups in total. The highest BCUT2D eigenvalue weighted by Crippen LogP contribution is 2.08. The zero-order chi connectivity index (χ0) is 8.27. The van der Waals surface area contributed by atoms with Crippen molar-refractivity contribution >= 4 is 5.97 Å². The summed E-state index contributed by atoms with van der Waals surface area (Å²) in [5.41, 5.74) is 0.455. The third kappa shape index (κ3) is 2.35. The van der Waals surface area contributed by atoms with E-state index in [2.05, 4.69) is 6.58 Å². The minimum atomic E-state index is -0.313. The highest BCUT2D eigenvalue weighted by atomic mass is 16.7. The lowest BCUT2D eigenvalue weighted by molar-refractivity contribution is -0.179. The zero-order valence-electron chi connectivity index (χ0n) is 6.80. The van der Waals surface area contributed by atoms with Crippen LogP contribution < -0.4 is 0 Å². The van der Waals surface area contributed by atoms with Crippen LogP contribution >= 0.6 is 0 Å². The molecule has 0 spiro atoms. The smallest absolute Gasteiger partial charge is 0.352 e. The summed E-state index contributed by atoms with van der Waals surface area (Å²) in [5, 5.41) is 1.69. The number of nitrogens with zero attached hydrogens (tertiary/aromatic N) is 1. The van der Waals surface area contributed by atoms with Crippen molar-refractivity contribution in [2.45, 2.75) is 19.8 Å². The van der Waals surface area contributed by atoms with Gasteiger partial charge in [-0.25, -0.2) is 4.79 Å². The van der Waals surface area contributed by atoms with E-state index in [1.165, 1.54) is 0 Å². The topological polar surface area (TPSA) is 29.5 Å². The van der Waals surface area contributed by atoms with Crippen LogP contribution in [0.4, 0.5) is 0 Å². The summed E-state index contributed by atoms with van der Waals surface area (Å²) < 4.78 is 0. The van der Waals surface area contributed by atoms with Gasteiger partial charge in [0.25, 0.3) is 0 Å². The predicted molar refractivity (Wildman–Crippen MR) is 41.7 cm³/mol. The molecule has 1 aliphatic heterocycles. The van der Waals surface area contributed by atoms with Gasteiger partial charge in [0.15, 0.2) is 0 Å². The second-order valence-corrected chi connectivity index (χ2v) is 2.80. The molecular weight excluding hydrogens is 142 g/mol. The van der Waals surface area contributed by atoms with Gasteiger partial charge in [-0.05, 0) is 19.8 Å². The summed E-state index contributed by atoms with van der Waals surface area (Å²) in [4.78, 5) is 15.9. The molecule has 0 bridgehead atoms. The van der Waals surface area contributed by atoms with Crippen molar-refractivity contribution in [3.05, 3.63) is 12.2 Å². The molecule has 1 rings (SSSR count). The highest BCUT2D eigenvalue weighted by Gasteiger charge is 2.16. The van der Waals surface area contributed by atoms with Crippen LogP contribution in [-0.4, -0.2) is 24.1 Å². The fraction of sp³-hybridized carbons (Fsp3) is 0.625. The largest absolute Gasteiger partial charge is 0.364 e. The number of hydrogen-bond donors (Lipinski definition) is 0. The zero-order valence-corrected chi connectivity index (χ0v) is 6.80. The first-order chi connectivity index (χ1) is 5.20. The van der Waals surface area contributed by atoms with E-state index in [1.54, 1.807) is 12.0 Å². The predicted octanol–water partition coefficient (Wildman–Crippen LogP) is 1.12. The summed E-state index contributed by atoms with van der Waals surface area (Å²) in [6.07, 6.45) is 2.23. The Kier molecular flexibility index (Phi) is 2.65. The van der Waals surface area contributed by atoms with E-state index >= 15 is 0 Å². The molecule has 0 atom stereocenters. The Morgan fingerprint density at radius 2 is 2.00 bits per heavy atom. The first kappa shape index (κ1) is 8.27. The molecule has 1 aliphatic rings. The van der Waals surface area contributed by atoms with Gasteiger partial charge in [-0.3, -0.25) is 0 Å². The lowest BCUT2D eigenvalue weighted by Crippen LogP contribution is -2.24. The van der Waals surface area contributed by atoms with Gasteiger partial charge >= 0.3 is 5.97 Å². The van der Waals surface area contributed by atoms with Crippen LogP contribution in [0.3, 0.4) is 0 Å². The average Bonchev–Trinajstić information content (AvgIpc) is 2.39. The summed E-state index contributed by atoms with van der Waals surface area (Å²) in [5.74, 6) is -0.313. The molecule has 3 nitrogen and oxygen atoms in total. The molecule has 0 aromatic heterocycles. The Hall–Kier alpha value is -0.830. The quantitative estimate of drug-likeness (QED) is 0.559. The lowest BCUT2D eigenvalue weighted by atomic mass is 10.4. The highest BCUT2D eigenvalue weighted by molar-refractivity contribution is 5.86. The molecule has 1 fully saturated rings. The second kappa shape index (κ2) is 3.53. The number of carbonyl (C=O) groups is 1. The van der Waals surface area contributed by atoms with E-state index < -0.39 is 0 Å². The molecule has 0 saturated carbocycles. The molecule has 0 aromatic carbocycles. The lowest BCUT2D eigenvalue weighted by Gasteiger charge is -2.13. The van der Waals surface area contributed by atoms with Gasteiger partial charge in [0.1, 0.15) is 0 Å². The molecule has 3 heteroatoms. The average molecular weight is 155 g/mol. The molecular formula is C8H13NO2. The summed E-state index contributed by atoms with van der Waals surface area (Å²) in [7, 11) is 0. The normalized spacial score (nSPS) is 18.3. The maximum Gasteiger partial charge on any atom is 0.352 e. The van der Waals surface area contributed by atoms with Crippen molar-refractivity contribution in [2.24, 2.45) is 0 Å². The Balaban J connectivity index is 2.29. The third-order valence-electron chi connectivity index (χ3n) is 1.63. The molecule has 62 valence electrons. The Labute approximate surface area is 66.6 Å². The van der Waals surface area contributed by atoms with Crippen molar-refractivity contribution in [2.75, 3.05) is 13.1 Å². The molecule has 1 saturated heterocycles. The van der Waals surface area contributed by atoms with E-state index in [1.807, 2.05) is 0 Å². The van der Waals surface area contributed by atoms with Crippen LogP contribution in [0.2, 0.25) is 0 Å². The Bertz CT molecular complexity index is 171. The van der Waals surface area contributed by atoms with Crippen LogP contribution in [0.25, 0.3) is 0 Å². The van der Waals surface area contributed by atoms with Gasteiger partial charge < -0.3 is 4.84 Å². The van der Waals surface area contributed by atoms with Crippen LogP contribution in [-0.2, 0) is 9.63 Å². The van der Waals surface area contributed by atoms with Crippen LogP contribution in [0.15, 0.2) is 12.2 Å². The van der Waals surface area contributed by atoms with Gasteiger partial charge in [0, 0.05) is 18.7 Å². The number of hydrogen-bond acceptors (Lipinski definition) is 3. The van der Waals surface area contributed by atoms with Gasteiger partial charge in [0.2, 0.25) is 0 Å².